The van der Waals surface area contributed by atoms with Crippen molar-refractivity contribution in [3.05, 3.63) is 24.3 Å². The first-order valence-electron chi connectivity index (χ1n) is 5.42. The van der Waals surface area contributed by atoms with Crippen molar-refractivity contribution in [2.45, 2.75) is 32.2 Å². The van der Waals surface area contributed by atoms with Gasteiger partial charge in [0.15, 0.2) is 0 Å². The van der Waals surface area contributed by atoms with Crippen molar-refractivity contribution in [2.24, 2.45) is 0 Å². The number of aromatic nitrogens is 2. The summed E-state index contributed by atoms with van der Waals surface area (Å²) in [6, 6.07) is 0. The summed E-state index contributed by atoms with van der Waals surface area (Å²) in [6.45, 7) is 0.353. The molecule has 1 amide bonds. The summed E-state index contributed by atoms with van der Waals surface area (Å²) in [5.41, 5.74) is 0.700. The predicted molar refractivity (Wildman–Crippen MR) is 60.0 cm³/mol. The Morgan fingerprint density at radius 2 is 2.00 bits per heavy atom. The first-order valence-corrected chi connectivity index (χ1v) is 5.42. The summed E-state index contributed by atoms with van der Waals surface area (Å²) in [5, 5.41) is 11.1. The minimum atomic E-state index is -0.829. The smallest absolute Gasteiger partial charge is 0.303 e. The number of amides is 1. The minimum absolute atomic E-state index is 0.0963. The number of carboxylic acids is 1. The Kier molecular flexibility index (Phi) is 5.63. The summed E-state index contributed by atoms with van der Waals surface area (Å²) < 4.78 is 0. The lowest BCUT2D eigenvalue weighted by Gasteiger charge is -2.03. The van der Waals surface area contributed by atoms with E-state index in [4.69, 9.17) is 5.11 Å². The Morgan fingerprint density at radius 3 is 2.65 bits per heavy atom. The molecule has 6 heteroatoms. The lowest BCUT2D eigenvalue weighted by Crippen LogP contribution is -2.22. The molecule has 0 aliphatic heterocycles. The number of rotatable bonds is 7. The van der Waals surface area contributed by atoms with Crippen molar-refractivity contribution >= 4 is 11.9 Å². The molecule has 0 spiro atoms. The molecule has 17 heavy (non-hydrogen) atoms. The van der Waals surface area contributed by atoms with Crippen molar-refractivity contribution in [1.29, 1.82) is 0 Å². The highest BCUT2D eigenvalue weighted by atomic mass is 16.4. The summed E-state index contributed by atoms with van der Waals surface area (Å²) in [7, 11) is 0. The Hall–Kier alpha value is -1.98. The van der Waals surface area contributed by atoms with Gasteiger partial charge >= 0.3 is 5.97 Å². The van der Waals surface area contributed by atoms with Crippen LogP contribution in [0, 0.1) is 0 Å². The van der Waals surface area contributed by atoms with Crippen molar-refractivity contribution in [1.82, 2.24) is 15.3 Å². The van der Waals surface area contributed by atoms with Gasteiger partial charge in [0.2, 0.25) is 5.91 Å². The number of nitrogens with zero attached hydrogens (tertiary/aromatic N) is 2. The fraction of sp³-hybridized carbons (Fsp3) is 0.455. The van der Waals surface area contributed by atoms with Gasteiger partial charge in [-0.1, -0.05) is 0 Å². The molecule has 0 saturated carbocycles. The molecule has 1 aromatic rings. The van der Waals surface area contributed by atoms with E-state index < -0.39 is 5.97 Å². The van der Waals surface area contributed by atoms with Crippen molar-refractivity contribution in [3.8, 4) is 0 Å². The maximum absolute atomic E-state index is 11.4. The van der Waals surface area contributed by atoms with Crippen LogP contribution in [0.15, 0.2) is 18.6 Å². The molecule has 0 unspecified atom stereocenters. The molecule has 6 nitrogen and oxygen atoms in total. The third-order valence-corrected chi connectivity index (χ3v) is 2.13. The second-order valence-corrected chi connectivity index (χ2v) is 3.57. The zero-order valence-corrected chi connectivity index (χ0v) is 9.43. The molecule has 0 atom stereocenters. The number of hydrogen-bond acceptors (Lipinski definition) is 4. The van der Waals surface area contributed by atoms with Gasteiger partial charge in [0.25, 0.3) is 0 Å². The number of carbonyl (C=O) groups is 2. The Morgan fingerprint density at radius 1 is 1.24 bits per heavy atom. The molecule has 1 heterocycles. The van der Waals surface area contributed by atoms with Gasteiger partial charge in [0.1, 0.15) is 0 Å². The quantitative estimate of drug-likeness (QED) is 0.682. The predicted octanol–water partition coefficient (Wildman–Crippen LogP) is 0.738. The van der Waals surface area contributed by atoms with E-state index >= 15 is 0 Å². The molecular weight excluding hydrogens is 222 g/mol. The van der Waals surface area contributed by atoms with Crippen molar-refractivity contribution < 1.29 is 14.7 Å². The number of hydrogen-bond donors (Lipinski definition) is 2. The summed E-state index contributed by atoms with van der Waals surface area (Å²) >= 11 is 0. The van der Waals surface area contributed by atoms with Crippen LogP contribution in [0.25, 0.3) is 0 Å². The summed E-state index contributed by atoms with van der Waals surface area (Å²) in [5.74, 6) is -0.925. The molecule has 0 aliphatic carbocycles. The van der Waals surface area contributed by atoms with Crippen LogP contribution in [0.5, 0.6) is 0 Å². The van der Waals surface area contributed by atoms with Gasteiger partial charge in [-0.25, -0.2) is 0 Å². The van der Waals surface area contributed by atoms with E-state index in [1.54, 1.807) is 18.6 Å². The first-order chi connectivity index (χ1) is 8.18. The Balaban J connectivity index is 2.11. The van der Waals surface area contributed by atoms with Gasteiger partial charge in [-0.2, -0.15) is 0 Å². The van der Waals surface area contributed by atoms with E-state index in [1.165, 1.54) is 0 Å². The van der Waals surface area contributed by atoms with E-state index in [1.807, 2.05) is 0 Å². The normalized spacial score (nSPS) is 9.88. The molecule has 0 aliphatic rings. The topological polar surface area (TPSA) is 92.2 Å². The molecule has 1 aromatic heterocycles. The van der Waals surface area contributed by atoms with E-state index in [9.17, 15) is 9.59 Å². The fourth-order valence-corrected chi connectivity index (χ4v) is 1.26. The van der Waals surface area contributed by atoms with Crippen molar-refractivity contribution in [3.63, 3.8) is 0 Å². The van der Waals surface area contributed by atoms with Crippen LogP contribution in [0.1, 0.15) is 31.4 Å². The van der Waals surface area contributed by atoms with Gasteiger partial charge < -0.3 is 10.4 Å². The van der Waals surface area contributed by atoms with Gasteiger partial charge in [-0.3, -0.25) is 19.6 Å². The molecule has 0 radical (unpaired) electrons. The molecule has 0 fully saturated rings. The van der Waals surface area contributed by atoms with Crippen LogP contribution in [-0.2, 0) is 16.1 Å². The number of aliphatic carboxylic acids is 1. The Bertz CT molecular complexity index is 367. The lowest BCUT2D eigenvalue weighted by atomic mass is 10.2. The number of nitrogens with one attached hydrogen (secondary N) is 1. The molecule has 2 N–H and O–H groups in total. The van der Waals surface area contributed by atoms with E-state index in [2.05, 4.69) is 15.3 Å². The minimum Gasteiger partial charge on any atom is -0.481 e. The molecule has 1 rings (SSSR count). The van der Waals surface area contributed by atoms with Crippen LogP contribution in [0.2, 0.25) is 0 Å². The second-order valence-electron chi connectivity index (χ2n) is 3.57. The summed E-state index contributed by atoms with van der Waals surface area (Å²) in [6.07, 6.45) is 6.27. The van der Waals surface area contributed by atoms with Crippen LogP contribution >= 0.6 is 0 Å². The Labute approximate surface area is 99.1 Å². The standard InChI is InChI=1S/C11H15N3O3/c15-10(3-1-2-4-11(16)17)14-8-9-7-12-5-6-13-9/h5-7H,1-4,8H2,(H,14,15)(H,16,17). The second kappa shape index (κ2) is 7.32. The highest BCUT2D eigenvalue weighted by Crippen LogP contribution is 2.00. The van der Waals surface area contributed by atoms with Crippen LogP contribution in [0.4, 0.5) is 0 Å². The molecule has 0 aromatic carbocycles. The summed E-state index contributed by atoms with van der Waals surface area (Å²) in [4.78, 5) is 29.5. The zero-order valence-electron chi connectivity index (χ0n) is 9.43. The average Bonchev–Trinajstić information content (AvgIpc) is 2.33. The highest BCUT2D eigenvalue weighted by Gasteiger charge is 2.03. The van der Waals surface area contributed by atoms with Crippen LogP contribution < -0.4 is 5.32 Å². The van der Waals surface area contributed by atoms with Gasteiger partial charge in [-0.15, -0.1) is 0 Å². The SMILES string of the molecule is O=C(O)CCCCC(=O)NCc1cnccn1. The third-order valence-electron chi connectivity index (χ3n) is 2.13. The molecule has 0 bridgehead atoms. The lowest BCUT2D eigenvalue weighted by molar-refractivity contribution is -0.137. The van der Waals surface area contributed by atoms with Gasteiger partial charge in [-0.05, 0) is 12.8 Å². The maximum Gasteiger partial charge on any atom is 0.303 e. The van der Waals surface area contributed by atoms with Gasteiger partial charge in [0, 0.05) is 25.2 Å². The highest BCUT2D eigenvalue weighted by molar-refractivity contribution is 5.75. The molecular formula is C11H15N3O3. The monoisotopic (exact) mass is 237 g/mol. The largest absolute Gasteiger partial charge is 0.481 e. The van der Waals surface area contributed by atoms with E-state index in [0.717, 1.165) is 0 Å². The van der Waals surface area contributed by atoms with Gasteiger partial charge in [0.05, 0.1) is 18.4 Å². The number of unbranched alkanes of at least 4 members (excludes halogenated alkanes) is 1. The van der Waals surface area contributed by atoms with E-state index in [0.29, 0.717) is 31.5 Å². The third kappa shape index (κ3) is 6.24. The molecule has 92 valence electrons. The van der Waals surface area contributed by atoms with Crippen molar-refractivity contribution in [2.75, 3.05) is 0 Å². The van der Waals surface area contributed by atoms with Crippen LogP contribution in [0.3, 0.4) is 0 Å². The number of carbonyl (C=O) groups excluding carboxylic acids is 1. The van der Waals surface area contributed by atoms with Crippen LogP contribution in [-0.4, -0.2) is 27.0 Å². The van der Waals surface area contributed by atoms with E-state index in [-0.39, 0.29) is 12.3 Å². The zero-order chi connectivity index (χ0) is 12.5. The fourth-order valence-electron chi connectivity index (χ4n) is 1.26. The molecule has 0 saturated heterocycles. The maximum atomic E-state index is 11.4. The first kappa shape index (κ1) is 13.1. The average molecular weight is 237 g/mol. The number of carboxylic acid groups (broad SMARTS) is 1.